The van der Waals surface area contributed by atoms with Gasteiger partial charge in [0.2, 0.25) is 5.91 Å². The molecule has 3 aromatic rings. The van der Waals surface area contributed by atoms with Gasteiger partial charge in [-0.05, 0) is 35.9 Å². The number of methoxy groups -OCH3 is 1. The quantitative estimate of drug-likeness (QED) is 0.292. The number of carbonyl (C=O) groups is 2. The summed E-state index contributed by atoms with van der Waals surface area (Å²) in [5, 5.41) is 28.5. The summed E-state index contributed by atoms with van der Waals surface area (Å²) < 4.78 is 5.29. The summed E-state index contributed by atoms with van der Waals surface area (Å²) in [6.07, 6.45) is 0. The Bertz CT molecular complexity index is 1440. The fourth-order valence-electron chi connectivity index (χ4n) is 4.40. The van der Waals surface area contributed by atoms with Gasteiger partial charge in [0.1, 0.15) is 23.4 Å². The first-order chi connectivity index (χ1) is 17.3. The molecule has 0 aliphatic carbocycles. The lowest BCUT2D eigenvalue weighted by molar-refractivity contribution is -0.385. The van der Waals surface area contributed by atoms with Crippen molar-refractivity contribution < 1.29 is 24.2 Å². The average molecular weight is 487 g/mol. The van der Waals surface area contributed by atoms with Crippen LogP contribution in [-0.4, -0.2) is 40.5 Å². The Labute approximate surface area is 203 Å². The van der Waals surface area contributed by atoms with E-state index in [1.54, 1.807) is 30.3 Å². The summed E-state index contributed by atoms with van der Waals surface area (Å²) in [7, 11) is 1.33. The molecule has 1 saturated heterocycles. The number of nitro groups is 2. The fourth-order valence-corrected chi connectivity index (χ4v) is 4.40. The zero-order chi connectivity index (χ0) is 25.6. The maximum absolute atomic E-state index is 13.7. The summed E-state index contributed by atoms with van der Waals surface area (Å²) in [6, 6.07) is 16.9. The summed E-state index contributed by atoms with van der Waals surface area (Å²) >= 11 is 0. The molecule has 36 heavy (non-hydrogen) atoms. The number of hydrogen-bond donors (Lipinski definition) is 0. The largest absolute Gasteiger partial charge is 0.495 e. The van der Waals surface area contributed by atoms with E-state index in [1.165, 1.54) is 48.5 Å². The Morgan fingerprint density at radius 3 is 2.11 bits per heavy atom. The summed E-state index contributed by atoms with van der Waals surface area (Å²) in [5.41, 5.74) is 0.746. The van der Waals surface area contributed by atoms with Crippen molar-refractivity contribution in [2.45, 2.75) is 6.04 Å². The van der Waals surface area contributed by atoms with E-state index in [4.69, 9.17) is 4.74 Å². The molecule has 0 spiro atoms. The smallest absolute Gasteiger partial charge is 0.271 e. The number of benzene rings is 3. The minimum Gasteiger partial charge on any atom is -0.495 e. The molecule has 2 heterocycles. The Balaban J connectivity index is 1.64. The van der Waals surface area contributed by atoms with Crippen LogP contribution in [0.3, 0.4) is 0 Å². The highest BCUT2D eigenvalue weighted by molar-refractivity contribution is 6.34. The second-order valence-corrected chi connectivity index (χ2v) is 8.02. The van der Waals surface area contributed by atoms with Gasteiger partial charge in [-0.3, -0.25) is 34.8 Å². The van der Waals surface area contributed by atoms with E-state index in [9.17, 15) is 29.8 Å². The topological polar surface area (TPSA) is 148 Å². The summed E-state index contributed by atoms with van der Waals surface area (Å²) in [4.78, 5) is 49.7. The number of nitrogens with zero attached hydrogens (tertiary/aromatic N) is 5. The first kappa shape index (κ1) is 22.7. The van der Waals surface area contributed by atoms with Crippen LogP contribution in [0.2, 0.25) is 0 Å². The molecule has 12 heteroatoms. The lowest BCUT2D eigenvalue weighted by atomic mass is 9.92. The number of carbonyl (C=O) groups excluding carboxylic acids is 2. The van der Waals surface area contributed by atoms with E-state index in [0.717, 1.165) is 11.0 Å². The van der Waals surface area contributed by atoms with Crippen molar-refractivity contribution in [3.8, 4) is 5.75 Å². The molecule has 180 valence electrons. The Morgan fingerprint density at radius 2 is 1.50 bits per heavy atom. The minimum absolute atomic E-state index is 0.0489. The van der Waals surface area contributed by atoms with Crippen LogP contribution in [0.1, 0.15) is 5.56 Å². The number of anilines is 2. The van der Waals surface area contributed by atoms with E-state index in [0.29, 0.717) is 11.3 Å². The molecule has 3 aromatic carbocycles. The fraction of sp³-hybridized carbons (Fsp3) is 0.125. The van der Waals surface area contributed by atoms with Gasteiger partial charge < -0.3 is 4.74 Å². The lowest BCUT2D eigenvalue weighted by Crippen LogP contribution is -2.39. The SMILES string of the molecule is COc1ccc([N+](=O)[O-])cc1N1C(=O)[C@H]2C(c3ccc([N+](=O)[O-])cc3)=NN(c3ccccc3)[C@H]2C1=O. The molecule has 2 aliphatic rings. The van der Waals surface area contributed by atoms with Crippen molar-refractivity contribution in [2.24, 2.45) is 11.0 Å². The monoisotopic (exact) mass is 487 g/mol. The van der Waals surface area contributed by atoms with E-state index in [-0.39, 0.29) is 28.5 Å². The number of hydrazone groups is 1. The highest BCUT2D eigenvalue weighted by Gasteiger charge is 2.58. The molecule has 0 saturated carbocycles. The number of para-hydroxylation sites is 1. The predicted molar refractivity (Wildman–Crippen MR) is 128 cm³/mol. The first-order valence-corrected chi connectivity index (χ1v) is 10.7. The van der Waals surface area contributed by atoms with E-state index in [2.05, 4.69) is 5.10 Å². The third-order valence-electron chi connectivity index (χ3n) is 6.06. The van der Waals surface area contributed by atoms with Crippen LogP contribution in [-0.2, 0) is 9.59 Å². The zero-order valence-electron chi connectivity index (χ0n) is 18.7. The third-order valence-corrected chi connectivity index (χ3v) is 6.06. The van der Waals surface area contributed by atoms with Gasteiger partial charge in [-0.15, -0.1) is 0 Å². The number of non-ortho nitro benzene ring substituents is 2. The van der Waals surface area contributed by atoms with Crippen LogP contribution in [0.25, 0.3) is 0 Å². The van der Waals surface area contributed by atoms with Crippen LogP contribution in [0, 0.1) is 26.1 Å². The van der Waals surface area contributed by atoms with Crippen molar-refractivity contribution in [3.05, 3.63) is 98.6 Å². The van der Waals surface area contributed by atoms with Crippen LogP contribution in [0.15, 0.2) is 77.9 Å². The Hall–Kier alpha value is -5.13. The molecule has 1 fully saturated rings. The van der Waals surface area contributed by atoms with E-state index < -0.39 is 33.6 Å². The van der Waals surface area contributed by atoms with Crippen molar-refractivity contribution in [3.63, 3.8) is 0 Å². The molecular formula is C24H17N5O7. The molecule has 0 N–H and O–H groups in total. The molecule has 2 amide bonds. The van der Waals surface area contributed by atoms with Gasteiger partial charge in [0.25, 0.3) is 17.3 Å². The molecule has 2 aliphatic heterocycles. The van der Waals surface area contributed by atoms with Gasteiger partial charge in [0, 0.05) is 24.3 Å². The van der Waals surface area contributed by atoms with E-state index >= 15 is 0 Å². The number of nitro benzene ring substituents is 2. The molecule has 12 nitrogen and oxygen atoms in total. The van der Waals surface area contributed by atoms with E-state index in [1.807, 2.05) is 0 Å². The Kier molecular flexibility index (Phi) is 5.40. The zero-order valence-corrected chi connectivity index (χ0v) is 18.7. The number of imide groups is 1. The van der Waals surface area contributed by atoms with Crippen molar-refractivity contribution in [1.82, 2.24) is 0 Å². The normalized spacial score (nSPS) is 18.8. The number of rotatable bonds is 6. The highest BCUT2D eigenvalue weighted by Crippen LogP contribution is 2.42. The van der Waals surface area contributed by atoms with Crippen LogP contribution >= 0.6 is 0 Å². The van der Waals surface area contributed by atoms with Gasteiger partial charge in [-0.25, -0.2) is 4.90 Å². The standard InChI is InChI=1S/C24H17N5O7/c1-36-19-12-11-17(29(34)35)13-18(19)26-23(30)20-21(14-7-9-16(10-8-14)28(32)33)25-27(22(20)24(26)31)15-5-3-2-4-6-15/h2-13,20,22H,1H3/t20-,22+/m0/s1. The number of amides is 2. The van der Waals surface area contributed by atoms with Gasteiger partial charge in [0.15, 0.2) is 0 Å². The summed E-state index contributed by atoms with van der Waals surface area (Å²) in [5.74, 6) is -2.21. The predicted octanol–water partition coefficient (Wildman–Crippen LogP) is 3.29. The van der Waals surface area contributed by atoms with Crippen LogP contribution < -0.4 is 14.6 Å². The average Bonchev–Trinajstić information content (AvgIpc) is 3.40. The minimum atomic E-state index is -1.06. The van der Waals surface area contributed by atoms with Crippen LogP contribution in [0.5, 0.6) is 5.75 Å². The molecule has 0 unspecified atom stereocenters. The third kappa shape index (κ3) is 3.52. The van der Waals surface area contributed by atoms with Gasteiger partial charge in [0.05, 0.1) is 28.4 Å². The molecular weight excluding hydrogens is 470 g/mol. The Morgan fingerprint density at radius 1 is 0.861 bits per heavy atom. The van der Waals surface area contributed by atoms with Gasteiger partial charge in [-0.2, -0.15) is 5.10 Å². The first-order valence-electron chi connectivity index (χ1n) is 10.7. The lowest BCUT2D eigenvalue weighted by Gasteiger charge is -2.22. The molecule has 2 atom stereocenters. The number of hydrogen-bond acceptors (Lipinski definition) is 9. The second kappa shape index (κ2) is 8.58. The molecule has 5 rings (SSSR count). The van der Waals surface area contributed by atoms with Crippen molar-refractivity contribution >= 4 is 40.3 Å². The van der Waals surface area contributed by atoms with Crippen molar-refractivity contribution in [2.75, 3.05) is 17.0 Å². The maximum atomic E-state index is 13.7. The second-order valence-electron chi connectivity index (χ2n) is 8.02. The summed E-state index contributed by atoms with van der Waals surface area (Å²) in [6.45, 7) is 0. The highest BCUT2D eigenvalue weighted by atomic mass is 16.6. The van der Waals surface area contributed by atoms with Crippen molar-refractivity contribution in [1.29, 1.82) is 0 Å². The number of ether oxygens (including phenoxy) is 1. The molecule has 0 bridgehead atoms. The number of fused-ring (bicyclic) bond motifs is 1. The molecule has 0 radical (unpaired) electrons. The molecule has 0 aromatic heterocycles. The van der Waals surface area contributed by atoms with Gasteiger partial charge >= 0.3 is 0 Å². The van der Waals surface area contributed by atoms with Gasteiger partial charge in [-0.1, -0.05) is 18.2 Å². The van der Waals surface area contributed by atoms with Crippen LogP contribution in [0.4, 0.5) is 22.7 Å². The maximum Gasteiger partial charge on any atom is 0.271 e.